The molecule has 0 N–H and O–H groups in total. The quantitative estimate of drug-likeness (QED) is 0.786. The smallest absolute Gasteiger partial charge is 0.184 e. The molecule has 2 heterocycles. The average Bonchev–Trinajstić information content (AvgIpc) is 2.84. The van der Waals surface area contributed by atoms with Gasteiger partial charge in [0.2, 0.25) is 0 Å². The molecule has 21 heavy (non-hydrogen) atoms. The van der Waals surface area contributed by atoms with Crippen molar-refractivity contribution in [2.45, 2.75) is 31.2 Å². The maximum atomic E-state index is 14.2. The molecule has 7 heteroatoms. The number of fused-ring (bicyclic) bond motifs is 1. The summed E-state index contributed by atoms with van der Waals surface area (Å²) >= 11 is 6.16. The van der Waals surface area contributed by atoms with E-state index in [1.54, 1.807) is 11.5 Å². The fourth-order valence-electron chi connectivity index (χ4n) is 2.83. The van der Waals surface area contributed by atoms with Crippen molar-refractivity contribution in [1.29, 1.82) is 0 Å². The van der Waals surface area contributed by atoms with E-state index in [1.807, 2.05) is 0 Å². The average molecular weight is 333 g/mol. The van der Waals surface area contributed by atoms with Crippen molar-refractivity contribution in [3.05, 3.63) is 29.6 Å². The first-order chi connectivity index (χ1) is 9.99. The summed E-state index contributed by atoms with van der Waals surface area (Å²) in [6, 6.07) is 2.50. The summed E-state index contributed by atoms with van der Waals surface area (Å²) < 4.78 is 41.0. The number of benzene rings is 1. The lowest BCUT2D eigenvalue weighted by atomic mass is 10.1. The zero-order chi connectivity index (χ0) is 15.1. The van der Waals surface area contributed by atoms with Crippen LogP contribution in [0, 0.1) is 11.6 Å². The molecule has 1 aliphatic heterocycles. The highest BCUT2D eigenvalue weighted by Gasteiger charge is 2.27. The predicted molar refractivity (Wildman–Crippen MR) is 80.1 cm³/mol. The summed E-state index contributed by atoms with van der Waals surface area (Å²) in [5.74, 6) is -0.115. The Morgan fingerprint density at radius 3 is 2.67 bits per heavy atom. The lowest BCUT2D eigenvalue weighted by molar-refractivity contribution is 0.446. The highest BCUT2D eigenvalue weighted by Crippen LogP contribution is 2.34. The Hall–Kier alpha value is -1.01. The van der Waals surface area contributed by atoms with Gasteiger partial charge < -0.3 is 4.57 Å². The van der Waals surface area contributed by atoms with E-state index in [2.05, 4.69) is 4.98 Å². The molecule has 2 aromatic rings. The molecule has 0 radical (unpaired) electrons. The first-order valence-corrected chi connectivity index (χ1v) is 8.76. The van der Waals surface area contributed by atoms with Gasteiger partial charge in [-0.05, 0) is 31.9 Å². The van der Waals surface area contributed by atoms with Gasteiger partial charge in [0.05, 0.1) is 10.9 Å². The Bertz CT molecular complexity index is 707. The minimum Gasteiger partial charge on any atom is -0.321 e. The molecule has 1 unspecified atom stereocenters. The number of imidazole rings is 1. The highest BCUT2D eigenvalue weighted by molar-refractivity contribution is 7.85. The van der Waals surface area contributed by atoms with E-state index in [0.29, 0.717) is 35.7 Å². The van der Waals surface area contributed by atoms with Crippen molar-refractivity contribution in [3.8, 4) is 0 Å². The molecule has 114 valence electrons. The summed E-state index contributed by atoms with van der Waals surface area (Å²) in [6.07, 6.45) is 1.31. The van der Waals surface area contributed by atoms with Gasteiger partial charge in [-0.1, -0.05) is 0 Å². The first-order valence-electron chi connectivity index (χ1n) is 6.84. The second-order valence-electron chi connectivity index (χ2n) is 5.26. The molecule has 0 amide bonds. The van der Waals surface area contributed by atoms with Gasteiger partial charge >= 0.3 is 0 Å². The van der Waals surface area contributed by atoms with Gasteiger partial charge in [-0.25, -0.2) is 13.8 Å². The molecule has 3 nitrogen and oxygen atoms in total. The second-order valence-corrected chi connectivity index (χ2v) is 7.62. The molecule has 0 saturated carbocycles. The van der Waals surface area contributed by atoms with Crippen LogP contribution in [-0.4, -0.2) is 25.3 Å². The maximum absolute atomic E-state index is 14.2. The fraction of sp³-hybridized carbons (Fsp3) is 0.500. The Morgan fingerprint density at radius 2 is 2.05 bits per heavy atom. The molecule has 3 rings (SSSR count). The third-order valence-electron chi connectivity index (χ3n) is 3.85. The van der Waals surface area contributed by atoms with E-state index in [9.17, 15) is 13.0 Å². The summed E-state index contributed by atoms with van der Waals surface area (Å²) in [4.78, 5) is 4.36. The molecular formula is C14H15ClF2N2OS. The van der Waals surface area contributed by atoms with Crippen LogP contribution in [0.15, 0.2) is 12.1 Å². The van der Waals surface area contributed by atoms with Crippen LogP contribution in [0.3, 0.4) is 0 Å². The van der Waals surface area contributed by atoms with Gasteiger partial charge in [-0.2, -0.15) is 0 Å². The lowest BCUT2D eigenvalue weighted by Gasteiger charge is -2.26. The minimum atomic E-state index is -0.893. The number of rotatable bonds is 2. The van der Waals surface area contributed by atoms with Crippen LogP contribution in [-0.2, 0) is 10.8 Å². The van der Waals surface area contributed by atoms with Crippen LogP contribution in [0.5, 0.6) is 0 Å². The van der Waals surface area contributed by atoms with Crippen molar-refractivity contribution < 1.29 is 13.0 Å². The van der Waals surface area contributed by atoms with Gasteiger partial charge in [0, 0.05) is 28.3 Å². The number of alkyl halides is 1. The third-order valence-corrected chi connectivity index (χ3v) is 5.43. The van der Waals surface area contributed by atoms with E-state index in [-0.39, 0.29) is 11.6 Å². The van der Waals surface area contributed by atoms with Crippen molar-refractivity contribution >= 4 is 33.4 Å². The molecule has 0 spiro atoms. The molecule has 1 saturated heterocycles. The molecule has 0 bridgehead atoms. The number of aromatic nitrogens is 2. The van der Waals surface area contributed by atoms with E-state index in [4.69, 9.17) is 11.6 Å². The zero-order valence-electron chi connectivity index (χ0n) is 11.5. The van der Waals surface area contributed by atoms with Gasteiger partial charge in [0.1, 0.15) is 11.3 Å². The van der Waals surface area contributed by atoms with Crippen LogP contribution in [0.4, 0.5) is 8.78 Å². The van der Waals surface area contributed by atoms with Crippen LogP contribution in [0.25, 0.3) is 11.0 Å². The SMILES string of the molecule is CC(Cl)c1nc2ccc(F)c(F)c2n1C1CCS(=O)CC1. The third kappa shape index (κ3) is 2.59. The van der Waals surface area contributed by atoms with Crippen LogP contribution >= 0.6 is 11.6 Å². The number of hydrogen-bond donors (Lipinski definition) is 0. The molecule has 1 fully saturated rings. The van der Waals surface area contributed by atoms with Gasteiger partial charge in [-0.15, -0.1) is 11.6 Å². The number of halogens is 3. The predicted octanol–water partition coefficient (Wildman–Crippen LogP) is 3.70. The minimum absolute atomic E-state index is 0.0415. The monoisotopic (exact) mass is 332 g/mol. The zero-order valence-corrected chi connectivity index (χ0v) is 13.1. The van der Waals surface area contributed by atoms with Gasteiger partial charge in [-0.3, -0.25) is 4.21 Å². The van der Waals surface area contributed by atoms with Crippen molar-refractivity contribution in [2.24, 2.45) is 0 Å². The topological polar surface area (TPSA) is 34.9 Å². The first kappa shape index (κ1) is 14.9. The Labute approximate surface area is 128 Å². The Balaban J connectivity index is 2.20. The maximum Gasteiger partial charge on any atom is 0.184 e. The largest absolute Gasteiger partial charge is 0.321 e. The molecule has 0 aliphatic carbocycles. The number of nitrogens with zero attached hydrogens (tertiary/aromatic N) is 2. The van der Waals surface area contributed by atoms with Gasteiger partial charge in [0.15, 0.2) is 11.6 Å². The van der Waals surface area contributed by atoms with Crippen molar-refractivity contribution in [3.63, 3.8) is 0 Å². The van der Waals surface area contributed by atoms with E-state index >= 15 is 0 Å². The molecule has 1 aliphatic rings. The van der Waals surface area contributed by atoms with Gasteiger partial charge in [0.25, 0.3) is 0 Å². The molecule has 1 aromatic heterocycles. The van der Waals surface area contributed by atoms with E-state index < -0.39 is 27.8 Å². The summed E-state index contributed by atoms with van der Waals surface area (Å²) in [5, 5.41) is -0.410. The Kier molecular flexibility index (Phi) is 4.01. The van der Waals surface area contributed by atoms with Crippen LogP contribution in [0.2, 0.25) is 0 Å². The summed E-state index contributed by atoms with van der Waals surface area (Å²) in [5.41, 5.74) is 0.568. The fourth-order valence-corrected chi connectivity index (χ4v) is 4.26. The molecule has 1 aromatic carbocycles. The summed E-state index contributed by atoms with van der Waals surface area (Å²) in [6.45, 7) is 1.76. The van der Waals surface area contributed by atoms with E-state index in [1.165, 1.54) is 6.07 Å². The van der Waals surface area contributed by atoms with Crippen molar-refractivity contribution in [1.82, 2.24) is 9.55 Å². The van der Waals surface area contributed by atoms with Crippen LogP contribution < -0.4 is 0 Å². The standard InChI is InChI=1S/C14H15ClF2N2OS/c1-8(15)14-18-11-3-2-10(16)12(17)13(11)19(14)9-4-6-21(20)7-5-9/h2-3,8-9H,4-7H2,1H3. The van der Waals surface area contributed by atoms with E-state index in [0.717, 1.165) is 6.07 Å². The molecular weight excluding hydrogens is 318 g/mol. The lowest BCUT2D eigenvalue weighted by Crippen LogP contribution is -2.23. The Morgan fingerprint density at radius 1 is 1.38 bits per heavy atom. The van der Waals surface area contributed by atoms with Crippen molar-refractivity contribution in [2.75, 3.05) is 11.5 Å². The number of hydrogen-bond acceptors (Lipinski definition) is 2. The highest BCUT2D eigenvalue weighted by atomic mass is 35.5. The van der Waals surface area contributed by atoms with Crippen LogP contribution in [0.1, 0.15) is 37.0 Å². The normalized spacial score (nSPS) is 24.4. The molecule has 1 atom stereocenters. The second kappa shape index (κ2) is 5.65. The summed E-state index contributed by atoms with van der Waals surface area (Å²) in [7, 11) is -0.818.